The molecule has 0 unspecified atom stereocenters. The van der Waals surface area contributed by atoms with Crippen molar-refractivity contribution in [3.63, 3.8) is 0 Å². The van der Waals surface area contributed by atoms with E-state index in [1.807, 2.05) is 43.3 Å². The van der Waals surface area contributed by atoms with Gasteiger partial charge in [0.1, 0.15) is 5.76 Å². The predicted octanol–water partition coefficient (Wildman–Crippen LogP) is 3.55. The molecule has 0 aromatic heterocycles. The highest BCUT2D eigenvalue weighted by Crippen LogP contribution is 2.31. The highest BCUT2D eigenvalue weighted by atomic mass is 16.5. The van der Waals surface area contributed by atoms with Crippen LogP contribution in [-0.4, -0.2) is 28.9 Å². The summed E-state index contributed by atoms with van der Waals surface area (Å²) in [6.07, 6.45) is 3.94. The summed E-state index contributed by atoms with van der Waals surface area (Å²) < 4.78 is 5.68. The highest BCUT2D eigenvalue weighted by molar-refractivity contribution is 6.21. The lowest BCUT2D eigenvalue weighted by Crippen LogP contribution is -2.55. The largest absolute Gasteiger partial charge is 0.477 e. The average molecular weight is 313 g/mol. The molecule has 4 nitrogen and oxygen atoms in total. The van der Waals surface area contributed by atoms with Crippen molar-refractivity contribution in [2.75, 3.05) is 6.73 Å². The molecule has 0 bridgehead atoms. The van der Waals surface area contributed by atoms with Crippen molar-refractivity contribution in [3.8, 4) is 0 Å². The van der Waals surface area contributed by atoms with Crippen molar-refractivity contribution >= 4 is 17.3 Å². The fraction of sp³-hybridized carbons (Fsp3) is 0.368. The van der Waals surface area contributed by atoms with Gasteiger partial charge < -0.3 is 4.74 Å². The zero-order valence-electron chi connectivity index (χ0n) is 14.1. The number of hydrogen-bond acceptors (Lipinski definition) is 3. The summed E-state index contributed by atoms with van der Waals surface area (Å²) in [6.45, 7) is 7.28. The van der Waals surface area contributed by atoms with Gasteiger partial charge in [-0.05, 0) is 33.3 Å². The molecule has 1 aromatic rings. The number of ether oxygens (including phenoxy) is 1. The second kappa shape index (κ2) is 6.82. The van der Waals surface area contributed by atoms with Gasteiger partial charge in [0.05, 0.1) is 11.1 Å². The number of nitrogens with zero attached hydrogens (tertiary/aromatic N) is 1. The van der Waals surface area contributed by atoms with Crippen LogP contribution in [0.4, 0.5) is 0 Å². The Labute approximate surface area is 137 Å². The Bertz CT molecular complexity index is 656. The Morgan fingerprint density at radius 1 is 1.30 bits per heavy atom. The number of rotatable bonds is 5. The Kier molecular flexibility index (Phi) is 5.04. The van der Waals surface area contributed by atoms with Gasteiger partial charge in [-0.1, -0.05) is 42.5 Å². The molecule has 1 aromatic carbocycles. The maximum Gasteiger partial charge on any atom is 0.261 e. The van der Waals surface area contributed by atoms with E-state index in [1.54, 1.807) is 26.8 Å². The molecule has 23 heavy (non-hydrogen) atoms. The molecule has 1 heterocycles. The molecule has 0 saturated heterocycles. The van der Waals surface area contributed by atoms with Crippen molar-refractivity contribution < 1.29 is 14.3 Å². The fourth-order valence-electron chi connectivity index (χ4n) is 2.55. The third-order valence-corrected chi connectivity index (χ3v) is 4.18. The first-order valence-electron chi connectivity index (χ1n) is 7.75. The monoisotopic (exact) mass is 313 g/mol. The third kappa shape index (κ3) is 3.36. The summed E-state index contributed by atoms with van der Waals surface area (Å²) in [7, 11) is 0. The molecule has 2 rings (SSSR count). The number of ketones is 1. The van der Waals surface area contributed by atoms with Gasteiger partial charge in [-0.2, -0.15) is 0 Å². The Morgan fingerprint density at radius 2 is 1.96 bits per heavy atom. The highest BCUT2D eigenvalue weighted by Gasteiger charge is 2.41. The topological polar surface area (TPSA) is 46.6 Å². The van der Waals surface area contributed by atoms with Gasteiger partial charge in [-0.25, -0.2) is 0 Å². The summed E-state index contributed by atoms with van der Waals surface area (Å²) in [5.41, 5.74) is 0.400. The normalized spacial score (nSPS) is 16.0. The number of hydrogen-bond donors (Lipinski definition) is 0. The van der Waals surface area contributed by atoms with Gasteiger partial charge in [0.15, 0.2) is 12.5 Å². The zero-order chi connectivity index (χ0) is 17.0. The molecular formula is C19H23NO3. The Balaban J connectivity index is 2.34. The van der Waals surface area contributed by atoms with Crippen LogP contribution < -0.4 is 0 Å². The Hall–Kier alpha value is -2.36. The second-order valence-electron chi connectivity index (χ2n) is 6.06. The molecule has 1 aliphatic heterocycles. The maximum absolute atomic E-state index is 13.0. The van der Waals surface area contributed by atoms with E-state index in [1.165, 1.54) is 4.90 Å². The van der Waals surface area contributed by atoms with Crippen LogP contribution in [0.1, 0.15) is 39.7 Å². The van der Waals surface area contributed by atoms with Crippen LogP contribution in [0.15, 0.2) is 48.2 Å². The zero-order valence-corrected chi connectivity index (χ0v) is 14.1. The summed E-state index contributed by atoms with van der Waals surface area (Å²) in [5, 5.41) is 0. The third-order valence-electron chi connectivity index (χ3n) is 4.18. The van der Waals surface area contributed by atoms with E-state index >= 15 is 0 Å². The molecule has 0 saturated carbocycles. The van der Waals surface area contributed by atoms with E-state index in [0.29, 0.717) is 17.8 Å². The van der Waals surface area contributed by atoms with E-state index in [4.69, 9.17) is 4.74 Å². The molecule has 1 amide bonds. The molecule has 0 radical (unpaired) electrons. The molecule has 0 spiro atoms. The molecule has 0 N–H and O–H groups in total. The SMILES string of the molecule is C/C=C/CC(=O)C(C)(C)N1COC(C)=C(c2ccccc2)C1=O. The van der Waals surface area contributed by atoms with Gasteiger partial charge in [0.2, 0.25) is 0 Å². The van der Waals surface area contributed by atoms with E-state index < -0.39 is 5.54 Å². The summed E-state index contributed by atoms with van der Waals surface area (Å²) in [5.74, 6) is 0.410. The van der Waals surface area contributed by atoms with Crippen LogP contribution in [0.2, 0.25) is 0 Å². The van der Waals surface area contributed by atoms with Gasteiger partial charge in [-0.15, -0.1) is 0 Å². The minimum Gasteiger partial charge on any atom is -0.477 e. The number of carbonyl (C=O) groups is 2. The maximum atomic E-state index is 13.0. The standard InChI is InChI=1S/C19H23NO3/c1-5-6-12-16(21)19(3,4)20-13-23-14(2)17(18(20)22)15-10-8-7-9-11-15/h5-11H,12-13H2,1-4H3/b6-5+. The molecule has 4 heteroatoms. The number of allylic oxidation sites excluding steroid dienone is 3. The van der Waals surface area contributed by atoms with Crippen molar-refractivity contribution in [3.05, 3.63) is 53.8 Å². The number of Topliss-reactive ketones (excluding diaryl/α,β-unsaturated/α-hetero) is 1. The van der Waals surface area contributed by atoms with Crippen LogP contribution in [0.3, 0.4) is 0 Å². The minimum absolute atomic E-state index is 0.0143. The lowest BCUT2D eigenvalue weighted by Gasteiger charge is -2.40. The van der Waals surface area contributed by atoms with E-state index in [2.05, 4.69) is 0 Å². The number of carbonyl (C=O) groups excluding carboxylic acids is 2. The predicted molar refractivity (Wildman–Crippen MR) is 90.4 cm³/mol. The molecule has 0 fully saturated rings. The number of amides is 1. The van der Waals surface area contributed by atoms with Crippen LogP contribution in [0, 0.1) is 0 Å². The molecule has 1 aliphatic rings. The molecule has 0 aliphatic carbocycles. The fourth-order valence-corrected chi connectivity index (χ4v) is 2.55. The van der Waals surface area contributed by atoms with Crippen molar-refractivity contribution in [1.29, 1.82) is 0 Å². The van der Waals surface area contributed by atoms with E-state index in [0.717, 1.165) is 5.56 Å². The first-order chi connectivity index (χ1) is 10.9. The Morgan fingerprint density at radius 3 is 2.57 bits per heavy atom. The summed E-state index contributed by atoms with van der Waals surface area (Å²) in [6, 6.07) is 9.40. The average Bonchev–Trinajstić information content (AvgIpc) is 2.53. The first kappa shape index (κ1) is 17.0. The van der Waals surface area contributed by atoms with Crippen LogP contribution in [-0.2, 0) is 14.3 Å². The number of benzene rings is 1. The van der Waals surface area contributed by atoms with Crippen LogP contribution >= 0.6 is 0 Å². The molecule has 122 valence electrons. The first-order valence-corrected chi connectivity index (χ1v) is 7.75. The van der Waals surface area contributed by atoms with Crippen LogP contribution in [0.5, 0.6) is 0 Å². The smallest absolute Gasteiger partial charge is 0.261 e. The quantitative estimate of drug-likeness (QED) is 0.781. The second-order valence-corrected chi connectivity index (χ2v) is 6.06. The van der Waals surface area contributed by atoms with Crippen molar-refractivity contribution in [2.24, 2.45) is 0 Å². The molecular weight excluding hydrogens is 290 g/mol. The van der Waals surface area contributed by atoms with Crippen molar-refractivity contribution in [1.82, 2.24) is 4.90 Å². The lowest BCUT2D eigenvalue weighted by molar-refractivity contribution is -0.148. The van der Waals surface area contributed by atoms with E-state index in [9.17, 15) is 9.59 Å². The minimum atomic E-state index is -0.919. The lowest BCUT2D eigenvalue weighted by atomic mass is 9.92. The van der Waals surface area contributed by atoms with Crippen LogP contribution in [0.25, 0.3) is 5.57 Å². The van der Waals surface area contributed by atoms with Crippen molar-refractivity contribution in [2.45, 2.75) is 39.7 Å². The van der Waals surface area contributed by atoms with Gasteiger partial charge >= 0.3 is 0 Å². The summed E-state index contributed by atoms with van der Waals surface area (Å²) in [4.78, 5) is 27.0. The van der Waals surface area contributed by atoms with Gasteiger partial charge in [0, 0.05) is 6.42 Å². The van der Waals surface area contributed by atoms with E-state index in [-0.39, 0.29) is 18.4 Å². The van der Waals surface area contributed by atoms with Gasteiger partial charge in [0.25, 0.3) is 5.91 Å². The van der Waals surface area contributed by atoms with Gasteiger partial charge in [-0.3, -0.25) is 14.5 Å². The summed E-state index contributed by atoms with van der Waals surface area (Å²) >= 11 is 0. The molecule has 0 atom stereocenters.